The van der Waals surface area contributed by atoms with Crippen LogP contribution in [0.2, 0.25) is 0 Å². The van der Waals surface area contributed by atoms with Crippen LogP contribution in [0.3, 0.4) is 0 Å². The summed E-state index contributed by atoms with van der Waals surface area (Å²) < 4.78 is 0. The number of hydrogen-bond donors (Lipinski definition) is 2. The topological polar surface area (TPSA) is 83.6 Å². The maximum Gasteiger partial charge on any atom is 0.309 e. The van der Waals surface area contributed by atoms with Gasteiger partial charge in [0.05, 0.1) is 5.41 Å². The van der Waals surface area contributed by atoms with Crippen molar-refractivity contribution < 1.29 is 14.7 Å². The first-order valence-corrected chi connectivity index (χ1v) is 8.10. The average molecular weight is 298 g/mol. The van der Waals surface area contributed by atoms with Crippen molar-refractivity contribution in [2.24, 2.45) is 17.1 Å². The van der Waals surface area contributed by atoms with E-state index < -0.39 is 11.4 Å². The van der Waals surface area contributed by atoms with Crippen LogP contribution >= 0.6 is 0 Å². The Labute approximate surface area is 127 Å². The van der Waals surface area contributed by atoms with E-state index in [1.807, 2.05) is 25.7 Å². The fourth-order valence-corrected chi connectivity index (χ4v) is 3.05. The molecule has 0 aliphatic carbocycles. The van der Waals surface area contributed by atoms with Gasteiger partial charge < -0.3 is 15.7 Å². The van der Waals surface area contributed by atoms with Gasteiger partial charge in [0, 0.05) is 25.0 Å². The maximum absolute atomic E-state index is 12.4. The Balaban J connectivity index is 2.46. The number of rotatable bonds is 7. The van der Waals surface area contributed by atoms with Crippen LogP contribution in [-0.2, 0) is 9.59 Å². The lowest BCUT2D eigenvalue weighted by Crippen LogP contribution is -2.47. The summed E-state index contributed by atoms with van der Waals surface area (Å²) in [6, 6.07) is 0.183. The molecule has 0 aromatic rings. The van der Waals surface area contributed by atoms with Crippen molar-refractivity contribution in [3.05, 3.63) is 0 Å². The zero-order chi connectivity index (χ0) is 16.0. The third-order valence-corrected chi connectivity index (χ3v) is 4.88. The molecule has 1 heterocycles. The number of carboxylic acids is 1. The Hall–Kier alpha value is -1.10. The van der Waals surface area contributed by atoms with Crippen LogP contribution in [0.1, 0.15) is 59.3 Å². The summed E-state index contributed by atoms with van der Waals surface area (Å²) in [5.41, 5.74) is 5.09. The third-order valence-electron chi connectivity index (χ3n) is 4.88. The van der Waals surface area contributed by atoms with E-state index in [2.05, 4.69) is 0 Å². The first-order valence-electron chi connectivity index (χ1n) is 8.10. The number of hydrogen-bond acceptors (Lipinski definition) is 3. The fourth-order valence-electron chi connectivity index (χ4n) is 3.05. The molecule has 1 rings (SSSR count). The molecule has 2 atom stereocenters. The first-order chi connectivity index (χ1) is 9.82. The van der Waals surface area contributed by atoms with Crippen molar-refractivity contribution in [1.82, 2.24) is 4.90 Å². The molecule has 1 saturated heterocycles. The molecule has 5 heteroatoms. The molecule has 0 radical (unpaired) electrons. The fraction of sp³-hybridized carbons (Fsp3) is 0.875. The van der Waals surface area contributed by atoms with E-state index in [1.54, 1.807) is 0 Å². The number of likely N-dealkylation sites (tertiary alicyclic amines) is 1. The summed E-state index contributed by atoms with van der Waals surface area (Å²) >= 11 is 0. The van der Waals surface area contributed by atoms with E-state index in [4.69, 9.17) is 5.73 Å². The Morgan fingerprint density at radius 2 is 1.81 bits per heavy atom. The zero-order valence-corrected chi connectivity index (χ0v) is 13.6. The molecule has 0 aromatic heterocycles. The van der Waals surface area contributed by atoms with Crippen LogP contribution in [0.25, 0.3) is 0 Å². The van der Waals surface area contributed by atoms with Gasteiger partial charge in [-0.2, -0.15) is 0 Å². The van der Waals surface area contributed by atoms with E-state index in [0.717, 1.165) is 19.3 Å². The minimum Gasteiger partial charge on any atom is -0.481 e. The lowest BCUT2D eigenvalue weighted by Gasteiger charge is -2.39. The second-order valence-corrected chi connectivity index (χ2v) is 6.57. The quantitative estimate of drug-likeness (QED) is 0.755. The highest BCUT2D eigenvalue weighted by molar-refractivity contribution is 5.79. The lowest BCUT2D eigenvalue weighted by molar-refractivity contribution is -0.155. The van der Waals surface area contributed by atoms with Gasteiger partial charge in [0.2, 0.25) is 5.91 Å². The highest BCUT2D eigenvalue weighted by atomic mass is 16.4. The molecule has 0 aromatic carbocycles. The summed E-state index contributed by atoms with van der Waals surface area (Å²) in [6.07, 6.45) is 4.53. The predicted octanol–water partition coefficient (Wildman–Crippen LogP) is 2.24. The molecule has 1 aliphatic heterocycles. The van der Waals surface area contributed by atoms with Gasteiger partial charge in [0.25, 0.3) is 0 Å². The number of nitrogens with two attached hydrogens (primary N) is 1. The standard InChI is InChI=1S/C16H30N2O3/c1-4-16(15(20)21)8-10-18(11-9-16)14(19)12(2)6-5-7-13(3)17/h12-13H,4-11,17H2,1-3H3,(H,20,21). The van der Waals surface area contributed by atoms with Gasteiger partial charge in [-0.15, -0.1) is 0 Å². The molecule has 122 valence electrons. The van der Waals surface area contributed by atoms with E-state index >= 15 is 0 Å². The molecule has 0 spiro atoms. The minimum absolute atomic E-state index is 0.00250. The highest BCUT2D eigenvalue weighted by Crippen LogP contribution is 2.35. The number of aliphatic carboxylic acids is 1. The normalized spacial score (nSPS) is 20.9. The number of nitrogens with zero attached hydrogens (tertiary/aromatic N) is 1. The zero-order valence-electron chi connectivity index (χ0n) is 13.6. The van der Waals surface area contributed by atoms with Crippen molar-refractivity contribution in [2.45, 2.75) is 65.3 Å². The van der Waals surface area contributed by atoms with Crippen LogP contribution in [0.15, 0.2) is 0 Å². The number of carbonyl (C=O) groups is 2. The molecule has 0 bridgehead atoms. The number of carboxylic acid groups (broad SMARTS) is 1. The predicted molar refractivity (Wildman–Crippen MR) is 82.8 cm³/mol. The molecular formula is C16H30N2O3. The summed E-state index contributed by atoms with van der Waals surface area (Å²) in [6.45, 7) is 6.99. The molecule has 2 unspecified atom stereocenters. The average Bonchev–Trinajstić information content (AvgIpc) is 2.45. The largest absolute Gasteiger partial charge is 0.481 e. The lowest BCUT2D eigenvalue weighted by atomic mass is 9.76. The number of piperidine rings is 1. The van der Waals surface area contributed by atoms with Crippen molar-refractivity contribution in [3.63, 3.8) is 0 Å². The van der Waals surface area contributed by atoms with Gasteiger partial charge >= 0.3 is 5.97 Å². The van der Waals surface area contributed by atoms with Gasteiger partial charge in [0.15, 0.2) is 0 Å². The minimum atomic E-state index is -0.720. The summed E-state index contributed by atoms with van der Waals surface area (Å²) in [4.78, 5) is 25.6. The van der Waals surface area contributed by atoms with E-state index in [0.29, 0.717) is 32.4 Å². The molecule has 1 amide bonds. The first kappa shape index (κ1) is 18.0. The van der Waals surface area contributed by atoms with Gasteiger partial charge in [-0.25, -0.2) is 0 Å². The molecule has 1 aliphatic rings. The molecule has 0 saturated carbocycles. The Morgan fingerprint density at radius 1 is 1.24 bits per heavy atom. The van der Waals surface area contributed by atoms with Crippen LogP contribution in [0, 0.1) is 11.3 Å². The van der Waals surface area contributed by atoms with Gasteiger partial charge in [0.1, 0.15) is 0 Å². The Bertz CT molecular complexity index is 361. The number of amides is 1. The van der Waals surface area contributed by atoms with E-state index in [1.165, 1.54) is 0 Å². The molecular weight excluding hydrogens is 268 g/mol. The summed E-state index contributed by atoms with van der Waals surface area (Å²) in [5.74, 6) is -0.556. The van der Waals surface area contributed by atoms with Crippen molar-refractivity contribution in [3.8, 4) is 0 Å². The van der Waals surface area contributed by atoms with Crippen molar-refractivity contribution in [1.29, 1.82) is 0 Å². The molecule has 3 N–H and O–H groups in total. The Kier molecular flexibility index (Phi) is 6.65. The molecule has 1 fully saturated rings. The summed E-state index contributed by atoms with van der Waals surface area (Å²) in [7, 11) is 0. The molecule has 21 heavy (non-hydrogen) atoms. The monoisotopic (exact) mass is 298 g/mol. The second-order valence-electron chi connectivity index (χ2n) is 6.57. The number of carbonyl (C=O) groups excluding carboxylic acids is 1. The SMILES string of the molecule is CCC1(C(=O)O)CCN(C(=O)C(C)CCCC(C)N)CC1. The smallest absolute Gasteiger partial charge is 0.309 e. The van der Waals surface area contributed by atoms with Crippen LogP contribution in [-0.4, -0.2) is 41.0 Å². The van der Waals surface area contributed by atoms with Crippen molar-refractivity contribution >= 4 is 11.9 Å². The highest BCUT2D eigenvalue weighted by Gasteiger charge is 2.41. The van der Waals surface area contributed by atoms with Gasteiger partial charge in [-0.1, -0.05) is 20.3 Å². The van der Waals surface area contributed by atoms with Gasteiger partial charge in [-0.05, 0) is 39.0 Å². The summed E-state index contributed by atoms with van der Waals surface area (Å²) in [5, 5.41) is 9.38. The van der Waals surface area contributed by atoms with Crippen LogP contribution < -0.4 is 5.73 Å². The van der Waals surface area contributed by atoms with E-state index in [-0.39, 0.29) is 17.9 Å². The van der Waals surface area contributed by atoms with Crippen LogP contribution in [0.4, 0.5) is 0 Å². The van der Waals surface area contributed by atoms with Crippen LogP contribution in [0.5, 0.6) is 0 Å². The maximum atomic E-state index is 12.4. The van der Waals surface area contributed by atoms with E-state index in [9.17, 15) is 14.7 Å². The second kappa shape index (κ2) is 7.78. The molecule has 5 nitrogen and oxygen atoms in total. The van der Waals surface area contributed by atoms with Gasteiger partial charge in [-0.3, -0.25) is 9.59 Å². The third kappa shape index (κ3) is 4.70. The van der Waals surface area contributed by atoms with Crippen molar-refractivity contribution in [2.75, 3.05) is 13.1 Å². The Morgan fingerprint density at radius 3 is 2.24 bits per heavy atom.